The van der Waals surface area contributed by atoms with E-state index in [9.17, 15) is 4.39 Å². The van der Waals surface area contributed by atoms with Gasteiger partial charge in [0.1, 0.15) is 23.9 Å². The Balaban J connectivity index is 2.24. The molecule has 21 heavy (non-hydrogen) atoms. The molecule has 0 heterocycles. The lowest BCUT2D eigenvalue weighted by molar-refractivity contribution is 0.291. The quantitative estimate of drug-likeness (QED) is 0.905. The van der Waals surface area contributed by atoms with Gasteiger partial charge in [-0.1, -0.05) is 17.7 Å². The predicted octanol–water partition coefficient (Wildman–Crippen LogP) is 4.09. The van der Waals surface area contributed by atoms with E-state index in [1.807, 2.05) is 6.92 Å². The Hall–Kier alpha value is -1.78. The Bertz CT molecular complexity index is 632. The average molecular weight is 310 g/mol. The predicted molar refractivity (Wildman–Crippen MR) is 81.3 cm³/mol. The second kappa shape index (κ2) is 6.78. The fraction of sp³-hybridized carbons (Fsp3) is 0.250. The van der Waals surface area contributed by atoms with E-state index in [1.165, 1.54) is 12.1 Å². The van der Waals surface area contributed by atoms with Gasteiger partial charge in [0, 0.05) is 28.3 Å². The van der Waals surface area contributed by atoms with Crippen LogP contribution in [0.25, 0.3) is 0 Å². The molecule has 0 spiro atoms. The lowest BCUT2D eigenvalue weighted by Crippen LogP contribution is -2.08. The molecule has 0 aliphatic rings. The molecule has 1 atom stereocenters. The van der Waals surface area contributed by atoms with Crippen molar-refractivity contribution in [2.24, 2.45) is 5.73 Å². The second-order valence-corrected chi connectivity index (χ2v) is 5.15. The highest BCUT2D eigenvalue weighted by molar-refractivity contribution is 6.30. The van der Waals surface area contributed by atoms with Crippen LogP contribution in [0.2, 0.25) is 5.02 Å². The molecule has 2 aromatic carbocycles. The third kappa shape index (κ3) is 3.86. The summed E-state index contributed by atoms with van der Waals surface area (Å²) >= 11 is 5.97. The van der Waals surface area contributed by atoms with Crippen LogP contribution in [0.1, 0.15) is 24.1 Å². The number of rotatable bonds is 5. The molecule has 5 heteroatoms. The van der Waals surface area contributed by atoms with Crippen molar-refractivity contribution in [1.82, 2.24) is 0 Å². The van der Waals surface area contributed by atoms with Gasteiger partial charge in [-0.05, 0) is 31.2 Å². The van der Waals surface area contributed by atoms with E-state index in [2.05, 4.69) is 0 Å². The molecule has 0 amide bonds. The van der Waals surface area contributed by atoms with Crippen LogP contribution in [-0.4, -0.2) is 7.11 Å². The molecule has 2 rings (SSSR count). The first-order valence-electron chi connectivity index (χ1n) is 6.51. The Labute approximate surface area is 128 Å². The van der Waals surface area contributed by atoms with Gasteiger partial charge in [-0.15, -0.1) is 0 Å². The van der Waals surface area contributed by atoms with E-state index in [0.29, 0.717) is 16.5 Å². The summed E-state index contributed by atoms with van der Waals surface area (Å²) in [6.07, 6.45) is 0. The molecule has 0 unspecified atom stereocenters. The van der Waals surface area contributed by atoms with Crippen LogP contribution in [0.4, 0.5) is 4.39 Å². The van der Waals surface area contributed by atoms with E-state index in [0.717, 1.165) is 11.1 Å². The topological polar surface area (TPSA) is 44.5 Å². The number of halogens is 2. The molecule has 2 aromatic rings. The normalized spacial score (nSPS) is 12.0. The van der Waals surface area contributed by atoms with Crippen LogP contribution < -0.4 is 15.2 Å². The van der Waals surface area contributed by atoms with Gasteiger partial charge >= 0.3 is 0 Å². The fourth-order valence-corrected chi connectivity index (χ4v) is 2.22. The van der Waals surface area contributed by atoms with Gasteiger partial charge in [-0.25, -0.2) is 4.39 Å². The van der Waals surface area contributed by atoms with Gasteiger partial charge in [0.25, 0.3) is 0 Å². The molecular weight excluding hydrogens is 293 g/mol. The van der Waals surface area contributed by atoms with Gasteiger partial charge in [0.15, 0.2) is 0 Å². The van der Waals surface area contributed by atoms with Crippen LogP contribution in [0.15, 0.2) is 36.4 Å². The number of methoxy groups -OCH3 is 1. The highest BCUT2D eigenvalue weighted by atomic mass is 35.5. The molecule has 0 aliphatic carbocycles. The zero-order valence-electron chi connectivity index (χ0n) is 11.9. The monoisotopic (exact) mass is 309 g/mol. The Morgan fingerprint density at radius 1 is 1.19 bits per heavy atom. The summed E-state index contributed by atoms with van der Waals surface area (Å²) in [6.45, 7) is 2.03. The summed E-state index contributed by atoms with van der Waals surface area (Å²) in [5.41, 5.74) is 7.40. The molecule has 3 nitrogen and oxygen atoms in total. The highest BCUT2D eigenvalue weighted by Crippen LogP contribution is 2.28. The van der Waals surface area contributed by atoms with Gasteiger partial charge in [-0.2, -0.15) is 0 Å². The Morgan fingerprint density at radius 3 is 2.62 bits per heavy atom. The van der Waals surface area contributed by atoms with Crippen LogP contribution in [0.5, 0.6) is 11.5 Å². The van der Waals surface area contributed by atoms with Crippen molar-refractivity contribution in [1.29, 1.82) is 0 Å². The molecule has 112 valence electrons. The minimum absolute atomic E-state index is 0.215. The molecule has 0 aromatic heterocycles. The smallest absolute Gasteiger partial charge is 0.127 e. The standard InChI is InChI=1S/C16H17ClFNO2/c1-10(19)14-5-4-13(18)8-16(14)21-9-11-7-12(17)3-6-15(11)20-2/h3-8,10H,9,19H2,1-2H3/t10-/m1/s1. The summed E-state index contributed by atoms with van der Waals surface area (Å²) in [7, 11) is 1.57. The number of hydrogen-bond acceptors (Lipinski definition) is 3. The first-order valence-corrected chi connectivity index (χ1v) is 6.89. The van der Waals surface area contributed by atoms with E-state index in [-0.39, 0.29) is 18.5 Å². The van der Waals surface area contributed by atoms with Crippen LogP contribution in [0.3, 0.4) is 0 Å². The summed E-state index contributed by atoms with van der Waals surface area (Å²) in [5.74, 6) is 0.720. The maximum absolute atomic E-state index is 13.4. The van der Waals surface area contributed by atoms with Crippen LogP contribution in [-0.2, 0) is 6.61 Å². The maximum Gasteiger partial charge on any atom is 0.127 e. The zero-order valence-corrected chi connectivity index (χ0v) is 12.7. The summed E-state index contributed by atoms with van der Waals surface area (Å²) in [6, 6.07) is 9.33. The van der Waals surface area contributed by atoms with Crippen molar-refractivity contribution in [3.8, 4) is 11.5 Å². The third-order valence-corrected chi connectivity index (χ3v) is 3.33. The molecular formula is C16H17ClFNO2. The molecule has 0 fully saturated rings. The van der Waals surface area contributed by atoms with Gasteiger partial charge < -0.3 is 15.2 Å². The second-order valence-electron chi connectivity index (χ2n) is 4.72. The highest BCUT2D eigenvalue weighted by Gasteiger charge is 2.11. The first-order chi connectivity index (χ1) is 10.0. The van der Waals surface area contributed by atoms with Crippen molar-refractivity contribution in [2.45, 2.75) is 19.6 Å². The van der Waals surface area contributed by atoms with Gasteiger partial charge in [-0.3, -0.25) is 0 Å². The fourth-order valence-electron chi connectivity index (χ4n) is 2.02. The van der Waals surface area contributed by atoms with Crippen molar-refractivity contribution in [3.63, 3.8) is 0 Å². The number of hydrogen-bond donors (Lipinski definition) is 1. The van der Waals surface area contributed by atoms with Crippen molar-refractivity contribution >= 4 is 11.6 Å². The first kappa shape index (κ1) is 15.6. The van der Waals surface area contributed by atoms with Crippen LogP contribution in [0, 0.1) is 5.82 Å². The lowest BCUT2D eigenvalue weighted by atomic mass is 10.1. The van der Waals surface area contributed by atoms with Crippen molar-refractivity contribution in [3.05, 3.63) is 58.4 Å². The average Bonchev–Trinajstić information content (AvgIpc) is 2.45. The molecule has 0 bridgehead atoms. The minimum atomic E-state index is -0.368. The lowest BCUT2D eigenvalue weighted by Gasteiger charge is -2.15. The van der Waals surface area contributed by atoms with Crippen LogP contribution >= 0.6 is 11.6 Å². The summed E-state index contributed by atoms with van der Waals surface area (Å²) in [5, 5.41) is 0.584. The van der Waals surface area contributed by atoms with Gasteiger partial charge in [0.2, 0.25) is 0 Å². The van der Waals surface area contributed by atoms with E-state index in [4.69, 9.17) is 26.8 Å². The molecule has 0 aliphatic heterocycles. The largest absolute Gasteiger partial charge is 0.496 e. The molecule has 2 N–H and O–H groups in total. The number of ether oxygens (including phenoxy) is 2. The SMILES string of the molecule is COc1ccc(Cl)cc1COc1cc(F)ccc1[C@@H](C)N. The van der Waals surface area contributed by atoms with Crippen molar-refractivity contribution in [2.75, 3.05) is 7.11 Å². The van der Waals surface area contributed by atoms with E-state index < -0.39 is 0 Å². The maximum atomic E-state index is 13.4. The number of nitrogens with two attached hydrogens (primary N) is 1. The van der Waals surface area contributed by atoms with Crippen molar-refractivity contribution < 1.29 is 13.9 Å². The molecule has 0 saturated carbocycles. The Kier molecular flexibility index (Phi) is 5.04. The van der Waals surface area contributed by atoms with Gasteiger partial charge in [0.05, 0.1) is 7.11 Å². The Morgan fingerprint density at radius 2 is 1.95 bits per heavy atom. The zero-order chi connectivity index (χ0) is 15.4. The molecule has 0 saturated heterocycles. The number of benzene rings is 2. The summed E-state index contributed by atoms with van der Waals surface area (Å²) in [4.78, 5) is 0. The molecule has 0 radical (unpaired) electrons. The summed E-state index contributed by atoms with van der Waals surface area (Å²) < 4.78 is 24.3. The van der Waals surface area contributed by atoms with E-state index in [1.54, 1.807) is 31.4 Å². The third-order valence-electron chi connectivity index (χ3n) is 3.09. The minimum Gasteiger partial charge on any atom is -0.496 e. The van der Waals surface area contributed by atoms with E-state index >= 15 is 0 Å².